The van der Waals surface area contributed by atoms with Crippen LogP contribution in [0, 0.1) is 0 Å². The first-order chi connectivity index (χ1) is 13.6. The third-order valence-corrected chi connectivity index (χ3v) is 5.09. The molecule has 2 aromatic heterocycles. The van der Waals surface area contributed by atoms with Gasteiger partial charge in [0.05, 0.1) is 11.4 Å². The van der Waals surface area contributed by atoms with Crippen molar-refractivity contribution >= 4 is 28.8 Å². The van der Waals surface area contributed by atoms with Crippen molar-refractivity contribution in [2.45, 2.75) is 31.8 Å². The fourth-order valence-electron chi connectivity index (χ4n) is 2.58. The molecule has 28 heavy (non-hydrogen) atoms. The maximum Gasteiger partial charge on any atom is 0.437 e. The number of hydrogen-bond acceptors (Lipinski definition) is 6. The van der Waals surface area contributed by atoms with E-state index in [4.69, 9.17) is 4.42 Å². The Bertz CT molecular complexity index is 1030. The van der Waals surface area contributed by atoms with Gasteiger partial charge in [-0.3, -0.25) is 9.59 Å². The molecule has 1 aliphatic rings. The van der Waals surface area contributed by atoms with Gasteiger partial charge in [0.2, 0.25) is 5.91 Å². The summed E-state index contributed by atoms with van der Waals surface area (Å²) in [6, 6.07) is 10.6. The lowest BCUT2D eigenvalue weighted by atomic mass is 10.2. The summed E-state index contributed by atoms with van der Waals surface area (Å²) in [5.74, 6) is -0.710. The van der Waals surface area contributed by atoms with Gasteiger partial charge < -0.3 is 15.1 Å². The highest BCUT2D eigenvalue weighted by Gasteiger charge is 2.23. The van der Waals surface area contributed by atoms with Crippen LogP contribution in [0.25, 0.3) is 10.8 Å². The Labute approximate surface area is 164 Å². The van der Waals surface area contributed by atoms with Crippen LogP contribution in [0.1, 0.15) is 29.6 Å². The molecule has 1 aliphatic carbocycles. The zero-order valence-electron chi connectivity index (χ0n) is 14.9. The lowest BCUT2D eigenvalue weighted by Crippen LogP contribution is -2.25. The topological polar surface area (TPSA) is 106 Å². The minimum Gasteiger partial charge on any atom is -0.387 e. The Kier molecular flexibility index (Phi) is 5.07. The third kappa shape index (κ3) is 4.37. The van der Waals surface area contributed by atoms with Gasteiger partial charge in [0.1, 0.15) is 0 Å². The number of amides is 2. The maximum absolute atomic E-state index is 12.1. The SMILES string of the molecule is O=C(CCn1nc(-c2cccs2)oc1=O)Nc1ccc(C(=O)NC2CC2)cc1. The van der Waals surface area contributed by atoms with Crippen molar-refractivity contribution in [2.75, 3.05) is 5.32 Å². The first-order valence-electron chi connectivity index (χ1n) is 8.91. The molecule has 0 radical (unpaired) electrons. The average Bonchev–Trinajstić information content (AvgIpc) is 3.18. The number of hydrogen-bond donors (Lipinski definition) is 2. The maximum atomic E-state index is 12.1. The fourth-order valence-corrected chi connectivity index (χ4v) is 3.22. The molecule has 1 saturated carbocycles. The Morgan fingerprint density at radius 2 is 2.00 bits per heavy atom. The first kappa shape index (κ1) is 18.2. The Morgan fingerprint density at radius 1 is 1.21 bits per heavy atom. The van der Waals surface area contributed by atoms with E-state index in [1.54, 1.807) is 24.3 Å². The molecular formula is C19H18N4O4S. The summed E-state index contributed by atoms with van der Waals surface area (Å²) in [5, 5.41) is 11.6. The van der Waals surface area contributed by atoms with Gasteiger partial charge in [-0.25, -0.2) is 4.79 Å². The second-order valence-corrected chi connectivity index (χ2v) is 7.44. The van der Waals surface area contributed by atoms with E-state index in [9.17, 15) is 14.4 Å². The summed E-state index contributed by atoms with van der Waals surface area (Å²) >= 11 is 1.42. The predicted molar refractivity (Wildman–Crippen MR) is 104 cm³/mol. The molecule has 0 bridgehead atoms. The number of nitrogens with zero attached hydrogens (tertiary/aromatic N) is 2. The summed E-state index contributed by atoms with van der Waals surface area (Å²) in [6.45, 7) is 0.113. The molecule has 4 rings (SSSR count). The van der Waals surface area contributed by atoms with Crippen LogP contribution < -0.4 is 16.4 Å². The van der Waals surface area contributed by atoms with Crippen molar-refractivity contribution in [3.05, 3.63) is 57.9 Å². The molecule has 3 aromatic rings. The van der Waals surface area contributed by atoms with Crippen LogP contribution in [0.4, 0.5) is 5.69 Å². The van der Waals surface area contributed by atoms with Gasteiger partial charge in [0.25, 0.3) is 11.8 Å². The van der Waals surface area contributed by atoms with E-state index < -0.39 is 5.76 Å². The molecule has 1 fully saturated rings. The minimum atomic E-state index is -0.595. The fraction of sp³-hybridized carbons (Fsp3) is 0.263. The highest BCUT2D eigenvalue weighted by Crippen LogP contribution is 2.21. The number of aromatic nitrogens is 2. The van der Waals surface area contributed by atoms with Crippen LogP contribution in [0.15, 0.2) is 51.0 Å². The number of nitrogens with one attached hydrogen (secondary N) is 2. The molecule has 8 nitrogen and oxygen atoms in total. The van der Waals surface area contributed by atoms with Crippen molar-refractivity contribution < 1.29 is 14.0 Å². The number of carbonyl (C=O) groups is 2. The second-order valence-electron chi connectivity index (χ2n) is 6.50. The Morgan fingerprint density at radius 3 is 2.68 bits per heavy atom. The largest absolute Gasteiger partial charge is 0.437 e. The molecule has 2 amide bonds. The zero-order chi connectivity index (χ0) is 19.5. The Balaban J connectivity index is 1.31. The van der Waals surface area contributed by atoms with Crippen LogP contribution in [0.5, 0.6) is 0 Å². The van der Waals surface area contributed by atoms with Crippen molar-refractivity contribution in [1.29, 1.82) is 0 Å². The van der Waals surface area contributed by atoms with Gasteiger partial charge >= 0.3 is 5.76 Å². The van der Waals surface area contributed by atoms with Crippen molar-refractivity contribution in [3.8, 4) is 10.8 Å². The number of aryl methyl sites for hydroxylation is 1. The van der Waals surface area contributed by atoms with Gasteiger partial charge in [-0.1, -0.05) is 6.07 Å². The van der Waals surface area contributed by atoms with E-state index in [1.807, 2.05) is 17.5 Å². The van der Waals surface area contributed by atoms with Gasteiger partial charge in [-0.2, -0.15) is 4.68 Å². The standard InChI is InChI=1S/C19H18N4O4S/c24-16(9-10-23-19(26)27-18(22-23)15-2-1-11-28-15)20-13-5-3-12(4-6-13)17(25)21-14-7-8-14/h1-6,11,14H,7-10H2,(H,20,24)(H,21,25). The van der Waals surface area contributed by atoms with Gasteiger partial charge in [-0.15, -0.1) is 16.4 Å². The van der Waals surface area contributed by atoms with E-state index in [-0.39, 0.29) is 30.7 Å². The van der Waals surface area contributed by atoms with Crippen LogP contribution in [-0.4, -0.2) is 27.6 Å². The minimum absolute atomic E-state index is 0.0697. The summed E-state index contributed by atoms with van der Waals surface area (Å²) in [5.41, 5.74) is 1.14. The molecule has 1 aromatic carbocycles. The monoisotopic (exact) mass is 398 g/mol. The quantitative estimate of drug-likeness (QED) is 0.636. The average molecular weight is 398 g/mol. The lowest BCUT2D eigenvalue weighted by molar-refractivity contribution is -0.116. The number of rotatable bonds is 7. The van der Waals surface area contributed by atoms with E-state index in [2.05, 4.69) is 15.7 Å². The molecule has 9 heteroatoms. The molecule has 0 spiro atoms. The predicted octanol–water partition coefficient (Wildman–Crippen LogP) is 2.49. The van der Waals surface area contributed by atoms with Crippen molar-refractivity contribution in [1.82, 2.24) is 15.1 Å². The normalized spacial score (nSPS) is 13.3. The van der Waals surface area contributed by atoms with E-state index >= 15 is 0 Å². The summed E-state index contributed by atoms with van der Waals surface area (Å²) in [6.07, 6.45) is 2.13. The van der Waals surface area contributed by atoms with E-state index in [1.165, 1.54) is 11.3 Å². The smallest absolute Gasteiger partial charge is 0.387 e. The number of anilines is 1. The molecule has 2 heterocycles. The third-order valence-electron chi connectivity index (χ3n) is 4.23. The highest BCUT2D eigenvalue weighted by molar-refractivity contribution is 7.13. The van der Waals surface area contributed by atoms with Gasteiger partial charge in [0, 0.05) is 23.7 Å². The molecule has 0 unspecified atom stereocenters. The second kappa shape index (κ2) is 7.81. The summed E-state index contributed by atoms with van der Waals surface area (Å²) in [7, 11) is 0. The summed E-state index contributed by atoms with van der Waals surface area (Å²) < 4.78 is 6.25. The molecule has 2 N–H and O–H groups in total. The van der Waals surface area contributed by atoms with Crippen LogP contribution in [-0.2, 0) is 11.3 Å². The molecule has 0 atom stereocenters. The van der Waals surface area contributed by atoms with Crippen molar-refractivity contribution in [2.24, 2.45) is 0 Å². The van der Waals surface area contributed by atoms with Crippen LogP contribution in [0.2, 0.25) is 0 Å². The lowest BCUT2D eigenvalue weighted by Gasteiger charge is -2.07. The Hall–Kier alpha value is -3.20. The zero-order valence-corrected chi connectivity index (χ0v) is 15.7. The van der Waals surface area contributed by atoms with Crippen molar-refractivity contribution in [3.63, 3.8) is 0 Å². The molecule has 144 valence electrons. The van der Waals surface area contributed by atoms with E-state index in [0.29, 0.717) is 17.3 Å². The van der Waals surface area contributed by atoms with Gasteiger partial charge in [0.15, 0.2) is 0 Å². The molecular weight excluding hydrogens is 380 g/mol. The van der Waals surface area contributed by atoms with Crippen LogP contribution in [0.3, 0.4) is 0 Å². The number of carbonyl (C=O) groups excluding carboxylic acids is 2. The number of thiophene rings is 1. The molecule has 0 saturated heterocycles. The first-order valence-corrected chi connectivity index (χ1v) is 9.79. The van der Waals surface area contributed by atoms with E-state index in [0.717, 1.165) is 22.4 Å². The summed E-state index contributed by atoms with van der Waals surface area (Å²) in [4.78, 5) is 36.7. The number of benzene rings is 1. The van der Waals surface area contributed by atoms with Gasteiger partial charge in [-0.05, 0) is 48.6 Å². The molecule has 0 aliphatic heterocycles. The van der Waals surface area contributed by atoms with Crippen LogP contribution >= 0.6 is 11.3 Å². The highest BCUT2D eigenvalue weighted by atomic mass is 32.1.